The maximum atomic E-state index is 9.01. The van der Waals surface area contributed by atoms with Crippen LogP contribution in [0, 0.1) is 0 Å². The van der Waals surface area contributed by atoms with E-state index in [1.165, 1.54) is 49.0 Å². The molecule has 0 spiro atoms. The molecule has 1 aromatic carbocycles. The van der Waals surface area contributed by atoms with Gasteiger partial charge in [-0.1, -0.05) is 31.4 Å². The average molecular weight is 332 g/mol. The first-order chi connectivity index (χ1) is 11.3. The van der Waals surface area contributed by atoms with Crippen LogP contribution in [-0.4, -0.2) is 16.1 Å². The third-order valence-corrected chi connectivity index (χ3v) is 5.12. The van der Waals surface area contributed by atoms with E-state index in [1.807, 2.05) is 17.5 Å². The number of aromatic nitrogens is 1. The highest BCUT2D eigenvalue weighted by Gasteiger charge is 2.12. The lowest BCUT2D eigenvalue weighted by atomic mass is 9.95. The molecule has 0 unspecified atom stereocenters. The van der Waals surface area contributed by atoms with E-state index in [0.717, 1.165) is 17.3 Å². The predicted octanol–water partition coefficient (Wildman–Crippen LogP) is 3.64. The van der Waals surface area contributed by atoms with E-state index in [0.29, 0.717) is 18.3 Å². The fourth-order valence-electron chi connectivity index (χ4n) is 2.91. The smallest absolute Gasteiger partial charge is 0.140 e. The number of aliphatic hydroxyl groups excluding tert-OH is 1. The summed E-state index contributed by atoms with van der Waals surface area (Å²) in [5.41, 5.74) is 2.00. The summed E-state index contributed by atoms with van der Waals surface area (Å²) in [6, 6.07) is 8.94. The zero-order valence-corrected chi connectivity index (χ0v) is 14.1. The van der Waals surface area contributed by atoms with Crippen LogP contribution in [0.5, 0.6) is 5.75 Å². The van der Waals surface area contributed by atoms with Crippen LogP contribution in [0.1, 0.15) is 48.4 Å². The van der Waals surface area contributed by atoms with Gasteiger partial charge in [0.25, 0.3) is 0 Å². The molecule has 1 aliphatic rings. The lowest BCUT2D eigenvalue weighted by Gasteiger charge is -2.22. The van der Waals surface area contributed by atoms with Gasteiger partial charge in [0.2, 0.25) is 0 Å². The largest absolute Gasteiger partial charge is 0.486 e. The number of benzene rings is 1. The summed E-state index contributed by atoms with van der Waals surface area (Å²) >= 11 is 1.51. The zero-order valence-electron chi connectivity index (χ0n) is 13.3. The van der Waals surface area contributed by atoms with Crippen molar-refractivity contribution in [1.29, 1.82) is 0 Å². The quantitative estimate of drug-likeness (QED) is 0.813. The molecule has 3 rings (SSSR count). The minimum absolute atomic E-state index is 0.0147. The Hall–Kier alpha value is -1.43. The van der Waals surface area contributed by atoms with Crippen molar-refractivity contribution in [3.63, 3.8) is 0 Å². The number of ether oxygens (including phenoxy) is 1. The fraction of sp³-hybridized carbons (Fsp3) is 0.500. The van der Waals surface area contributed by atoms with Crippen molar-refractivity contribution in [2.24, 2.45) is 0 Å². The van der Waals surface area contributed by atoms with Crippen molar-refractivity contribution in [3.05, 3.63) is 45.9 Å². The Balaban J connectivity index is 1.44. The molecule has 1 fully saturated rings. The summed E-state index contributed by atoms with van der Waals surface area (Å²) < 4.78 is 5.75. The lowest BCUT2D eigenvalue weighted by molar-refractivity contribution is 0.275. The highest BCUT2D eigenvalue weighted by molar-refractivity contribution is 7.09. The van der Waals surface area contributed by atoms with Crippen LogP contribution < -0.4 is 10.1 Å². The number of nitrogens with one attached hydrogen (secondary N) is 1. The van der Waals surface area contributed by atoms with Gasteiger partial charge in [0.05, 0.1) is 12.3 Å². The number of hydrogen-bond donors (Lipinski definition) is 2. The van der Waals surface area contributed by atoms with E-state index >= 15 is 0 Å². The van der Waals surface area contributed by atoms with Crippen molar-refractivity contribution in [3.8, 4) is 5.75 Å². The standard InChI is InChI=1S/C18H24N2O2S/c21-11-16-13-23-18(20-16)12-22-17-8-6-14(7-9-17)10-19-15-4-2-1-3-5-15/h6-9,13,15,19,21H,1-5,10-12H2. The van der Waals surface area contributed by atoms with Crippen molar-refractivity contribution in [2.75, 3.05) is 0 Å². The number of aliphatic hydroxyl groups is 1. The van der Waals surface area contributed by atoms with Gasteiger partial charge in [-0.05, 0) is 30.5 Å². The van der Waals surface area contributed by atoms with E-state index in [1.54, 1.807) is 0 Å². The van der Waals surface area contributed by atoms with Gasteiger partial charge in [-0.15, -0.1) is 11.3 Å². The molecule has 0 bridgehead atoms. The van der Waals surface area contributed by atoms with Crippen LogP contribution in [0.4, 0.5) is 0 Å². The van der Waals surface area contributed by atoms with Gasteiger partial charge in [-0.2, -0.15) is 0 Å². The van der Waals surface area contributed by atoms with E-state index in [-0.39, 0.29) is 6.61 Å². The van der Waals surface area contributed by atoms with Gasteiger partial charge in [0, 0.05) is 18.0 Å². The Morgan fingerprint density at radius 2 is 1.96 bits per heavy atom. The molecular formula is C18H24N2O2S. The Morgan fingerprint density at radius 1 is 1.17 bits per heavy atom. The third kappa shape index (κ3) is 5.03. The molecule has 23 heavy (non-hydrogen) atoms. The highest BCUT2D eigenvalue weighted by atomic mass is 32.1. The van der Waals surface area contributed by atoms with Crippen LogP contribution in [-0.2, 0) is 19.8 Å². The molecule has 1 heterocycles. The van der Waals surface area contributed by atoms with Gasteiger partial charge in [0.1, 0.15) is 17.4 Å². The number of nitrogens with zero attached hydrogens (tertiary/aromatic N) is 1. The summed E-state index contributed by atoms with van der Waals surface area (Å²) in [7, 11) is 0. The molecule has 2 N–H and O–H groups in total. The van der Waals surface area contributed by atoms with Crippen molar-refractivity contribution in [2.45, 2.75) is 57.9 Å². The molecular weight excluding hydrogens is 308 g/mol. The Kier molecular flexibility index (Phi) is 6.02. The minimum atomic E-state index is -0.0147. The van der Waals surface area contributed by atoms with Crippen LogP contribution >= 0.6 is 11.3 Å². The Labute approximate surface area is 141 Å². The summed E-state index contributed by atoms with van der Waals surface area (Å²) in [4.78, 5) is 4.28. The van der Waals surface area contributed by atoms with Gasteiger partial charge < -0.3 is 15.2 Å². The van der Waals surface area contributed by atoms with Gasteiger partial charge in [-0.3, -0.25) is 0 Å². The monoisotopic (exact) mass is 332 g/mol. The highest BCUT2D eigenvalue weighted by Crippen LogP contribution is 2.19. The van der Waals surface area contributed by atoms with Crippen LogP contribution in [0.25, 0.3) is 0 Å². The Morgan fingerprint density at radius 3 is 2.65 bits per heavy atom. The first-order valence-corrected chi connectivity index (χ1v) is 9.21. The van der Waals surface area contributed by atoms with Gasteiger partial charge in [0.15, 0.2) is 0 Å². The number of hydrogen-bond acceptors (Lipinski definition) is 5. The molecule has 1 aromatic heterocycles. The maximum absolute atomic E-state index is 9.01. The number of rotatable bonds is 7. The summed E-state index contributed by atoms with van der Waals surface area (Å²) in [5.74, 6) is 0.854. The first-order valence-electron chi connectivity index (χ1n) is 8.33. The summed E-state index contributed by atoms with van der Waals surface area (Å²) in [6.07, 6.45) is 6.73. The normalized spacial score (nSPS) is 15.7. The zero-order chi connectivity index (χ0) is 15.9. The molecule has 4 nitrogen and oxygen atoms in total. The minimum Gasteiger partial charge on any atom is -0.486 e. The molecule has 1 saturated carbocycles. The summed E-state index contributed by atoms with van der Waals surface area (Å²) in [5, 5.41) is 15.4. The molecule has 0 aliphatic heterocycles. The third-order valence-electron chi connectivity index (χ3n) is 4.25. The van der Waals surface area contributed by atoms with Gasteiger partial charge in [-0.25, -0.2) is 4.98 Å². The van der Waals surface area contributed by atoms with Gasteiger partial charge >= 0.3 is 0 Å². The molecule has 2 aromatic rings. The Bertz CT molecular complexity index is 591. The van der Waals surface area contributed by atoms with Crippen molar-refractivity contribution in [1.82, 2.24) is 10.3 Å². The second-order valence-electron chi connectivity index (χ2n) is 6.04. The van der Waals surface area contributed by atoms with E-state index < -0.39 is 0 Å². The molecule has 0 atom stereocenters. The van der Waals surface area contributed by atoms with Crippen LogP contribution in [0.15, 0.2) is 29.6 Å². The fourth-order valence-corrected chi connectivity index (χ4v) is 3.60. The average Bonchev–Trinajstić information content (AvgIpc) is 3.08. The second-order valence-corrected chi connectivity index (χ2v) is 6.98. The molecule has 124 valence electrons. The number of thiazole rings is 1. The topological polar surface area (TPSA) is 54.4 Å². The first kappa shape index (κ1) is 16.4. The SMILES string of the molecule is OCc1csc(COc2ccc(CNC3CCCCC3)cc2)n1. The molecule has 0 radical (unpaired) electrons. The molecule has 0 saturated heterocycles. The second kappa shape index (κ2) is 8.43. The molecule has 0 amide bonds. The van der Waals surface area contributed by atoms with Crippen LogP contribution in [0.3, 0.4) is 0 Å². The summed E-state index contributed by atoms with van der Waals surface area (Å²) in [6.45, 7) is 1.36. The predicted molar refractivity (Wildman–Crippen MR) is 92.5 cm³/mol. The van der Waals surface area contributed by atoms with E-state index in [4.69, 9.17) is 9.84 Å². The maximum Gasteiger partial charge on any atom is 0.140 e. The molecule has 1 aliphatic carbocycles. The van der Waals surface area contributed by atoms with Crippen molar-refractivity contribution >= 4 is 11.3 Å². The van der Waals surface area contributed by atoms with Crippen LogP contribution in [0.2, 0.25) is 0 Å². The molecule has 5 heteroatoms. The van der Waals surface area contributed by atoms with E-state index in [2.05, 4.69) is 22.4 Å². The van der Waals surface area contributed by atoms with Crippen molar-refractivity contribution < 1.29 is 9.84 Å². The van der Waals surface area contributed by atoms with E-state index in [9.17, 15) is 0 Å². The lowest BCUT2D eigenvalue weighted by Crippen LogP contribution is -2.30.